The van der Waals surface area contributed by atoms with E-state index in [0.29, 0.717) is 18.8 Å². The van der Waals surface area contributed by atoms with E-state index in [0.717, 1.165) is 28.3 Å². The zero-order valence-electron chi connectivity index (χ0n) is 12.7. The van der Waals surface area contributed by atoms with Gasteiger partial charge in [-0.3, -0.25) is 9.89 Å². The van der Waals surface area contributed by atoms with E-state index < -0.39 is 0 Å². The lowest BCUT2D eigenvalue weighted by molar-refractivity contribution is 0.0942. The molecule has 116 valence electrons. The van der Waals surface area contributed by atoms with Crippen molar-refractivity contribution in [1.82, 2.24) is 20.1 Å². The highest BCUT2D eigenvalue weighted by Crippen LogP contribution is 2.36. The molecule has 0 bridgehead atoms. The Morgan fingerprint density at radius 2 is 2.22 bits per heavy atom. The van der Waals surface area contributed by atoms with Gasteiger partial charge in [0.15, 0.2) is 0 Å². The predicted octanol–water partition coefficient (Wildman–Crippen LogP) is 2.24. The van der Waals surface area contributed by atoms with E-state index >= 15 is 0 Å². The minimum Gasteiger partial charge on any atom is -0.488 e. The van der Waals surface area contributed by atoms with Crippen molar-refractivity contribution in [3.8, 4) is 17.0 Å². The largest absolute Gasteiger partial charge is 0.488 e. The first-order chi connectivity index (χ1) is 11.2. The first-order valence-corrected chi connectivity index (χ1v) is 7.42. The van der Waals surface area contributed by atoms with Gasteiger partial charge in [-0.2, -0.15) is 5.10 Å². The second-order valence-electron chi connectivity index (χ2n) is 5.50. The van der Waals surface area contributed by atoms with Crippen molar-refractivity contribution in [1.29, 1.82) is 0 Å². The molecule has 0 unspecified atom stereocenters. The Morgan fingerprint density at radius 3 is 3.04 bits per heavy atom. The minimum atomic E-state index is -0.178. The van der Waals surface area contributed by atoms with E-state index in [2.05, 4.69) is 15.5 Å². The van der Waals surface area contributed by atoms with E-state index in [4.69, 9.17) is 4.74 Å². The number of amides is 1. The molecular weight excluding hydrogens is 292 g/mol. The summed E-state index contributed by atoms with van der Waals surface area (Å²) in [6.07, 6.45) is 1.95. The fourth-order valence-electron chi connectivity index (χ4n) is 2.79. The molecule has 1 aromatic carbocycles. The summed E-state index contributed by atoms with van der Waals surface area (Å²) < 4.78 is 7.70. The van der Waals surface area contributed by atoms with E-state index in [1.807, 2.05) is 54.2 Å². The van der Waals surface area contributed by atoms with Gasteiger partial charge in [0.25, 0.3) is 5.91 Å². The topological polar surface area (TPSA) is 71.9 Å². The van der Waals surface area contributed by atoms with Gasteiger partial charge in [0.05, 0.1) is 6.54 Å². The normalized spacial score (nSPS) is 12.2. The SMILES string of the molecule is Cn1cccc1CNC(=O)c1[nH]nc2c1COc1ccccc1-2. The first kappa shape index (κ1) is 13.6. The summed E-state index contributed by atoms with van der Waals surface area (Å²) in [5, 5.41) is 10.1. The van der Waals surface area contributed by atoms with Crippen LogP contribution in [0.2, 0.25) is 0 Å². The van der Waals surface area contributed by atoms with Crippen LogP contribution in [0.3, 0.4) is 0 Å². The van der Waals surface area contributed by atoms with Crippen LogP contribution in [0.25, 0.3) is 11.3 Å². The molecule has 0 spiro atoms. The second kappa shape index (κ2) is 5.31. The summed E-state index contributed by atoms with van der Waals surface area (Å²) in [5.74, 6) is 0.616. The van der Waals surface area contributed by atoms with Gasteiger partial charge >= 0.3 is 0 Å². The van der Waals surface area contributed by atoms with Crippen LogP contribution >= 0.6 is 0 Å². The highest BCUT2D eigenvalue weighted by molar-refractivity contribution is 5.96. The number of benzene rings is 1. The molecule has 0 radical (unpaired) electrons. The molecule has 4 rings (SSSR count). The molecule has 1 aliphatic heterocycles. The molecule has 0 saturated carbocycles. The van der Waals surface area contributed by atoms with Gasteiger partial charge in [-0.25, -0.2) is 0 Å². The fourth-order valence-corrected chi connectivity index (χ4v) is 2.79. The average Bonchev–Trinajstić information content (AvgIpc) is 3.19. The number of aryl methyl sites for hydroxylation is 1. The van der Waals surface area contributed by atoms with Crippen LogP contribution in [0.4, 0.5) is 0 Å². The number of H-pyrrole nitrogens is 1. The Labute approximate surface area is 133 Å². The van der Waals surface area contributed by atoms with Crippen LogP contribution in [-0.2, 0) is 20.2 Å². The highest BCUT2D eigenvalue weighted by atomic mass is 16.5. The maximum absolute atomic E-state index is 12.4. The van der Waals surface area contributed by atoms with Crippen molar-refractivity contribution in [3.05, 3.63) is 59.5 Å². The summed E-state index contributed by atoms with van der Waals surface area (Å²) >= 11 is 0. The molecule has 0 atom stereocenters. The number of nitrogens with zero attached hydrogens (tertiary/aromatic N) is 2. The van der Waals surface area contributed by atoms with E-state index in [-0.39, 0.29) is 5.91 Å². The van der Waals surface area contributed by atoms with E-state index in [1.165, 1.54) is 0 Å². The molecule has 3 aromatic rings. The molecule has 0 aliphatic carbocycles. The quantitative estimate of drug-likeness (QED) is 0.779. The maximum atomic E-state index is 12.4. The number of carbonyl (C=O) groups excluding carboxylic acids is 1. The van der Waals surface area contributed by atoms with Crippen LogP contribution in [0.15, 0.2) is 42.6 Å². The molecule has 6 nitrogen and oxygen atoms in total. The molecule has 1 amide bonds. The van der Waals surface area contributed by atoms with Gasteiger partial charge in [0.2, 0.25) is 0 Å². The minimum absolute atomic E-state index is 0.178. The maximum Gasteiger partial charge on any atom is 0.270 e. The van der Waals surface area contributed by atoms with Gasteiger partial charge in [0, 0.05) is 30.1 Å². The number of hydrogen-bond acceptors (Lipinski definition) is 3. The van der Waals surface area contributed by atoms with Crippen LogP contribution in [-0.4, -0.2) is 20.7 Å². The smallest absolute Gasteiger partial charge is 0.270 e. The monoisotopic (exact) mass is 308 g/mol. The number of ether oxygens (including phenoxy) is 1. The summed E-state index contributed by atoms with van der Waals surface area (Å²) in [5.41, 5.74) is 3.99. The third kappa shape index (κ3) is 2.28. The van der Waals surface area contributed by atoms with Gasteiger partial charge < -0.3 is 14.6 Å². The lowest BCUT2D eigenvalue weighted by Crippen LogP contribution is -2.25. The van der Waals surface area contributed by atoms with Gasteiger partial charge in [-0.15, -0.1) is 0 Å². The molecule has 2 N–H and O–H groups in total. The Kier molecular flexibility index (Phi) is 3.15. The number of nitrogens with one attached hydrogen (secondary N) is 2. The third-order valence-electron chi connectivity index (χ3n) is 4.09. The Bertz CT molecular complexity index is 878. The summed E-state index contributed by atoms with van der Waals surface area (Å²) in [7, 11) is 1.95. The lowest BCUT2D eigenvalue weighted by atomic mass is 10.0. The molecule has 0 saturated heterocycles. The lowest BCUT2D eigenvalue weighted by Gasteiger charge is -2.17. The number of rotatable bonds is 3. The van der Waals surface area contributed by atoms with Crippen molar-refractivity contribution in [2.24, 2.45) is 7.05 Å². The van der Waals surface area contributed by atoms with Gasteiger partial charge in [-0.05, 0) is 24.3 Å². The second-order valence-corrected chi connectivity index (χ2v) is 5.50. The molecular formula is C17H16N4O2. The Balaban J connectivity index is 1.58. The number of para-hydroxylation sites is 1. The number of carbonyl (C=O) groups is 1. The molecule has 3 heterocycles. The standard InChI is InChI=1S/C17H16N4O2/c1-21-8-4-5-11(21)9-18-17(22)16-13-10-23-14-7-3-2-6-12(14)15(13)19-20-16/h2-8H,9-10H2,1H3,(H,18,22)(H,19,20). The number of hydrogen-bond donors (Lipinski definition) is 2. The van der Waals surface area contributed by atoms with Crippen LogP contribution in [0.5, 0.6) is 5.75 Å². The Hall–Kier alpha value is -3.02. The third-order valence-corrected chi connectivity index (χ3v) is 4.09. The Morgan fingerprint density at radius 1 is 1.35 bits per heavy atom. The van der Waals surface area contributed by atoms with Crippen molar-refractivity contribution in [3.63, 3.8) is 0 Å². The van der Waals surface area contributed by atoms with Crippen molar-refractivity contribution >= 4 is 5.91 Å². The highest BCUT2D eigenvalue weighted by Gasteiger charge is 2.26. The van der Waals surface area contributed by atoms with Crippen LogP contribution in [0.1, 0.15) is 21.7 Å². The molecule has 1 aliphatic rings. The number of fused-ring (bicyclic) bond motifs is 3. The van der Waals surface area contributed by atoms with E-state index in [1.54, 1.807) is 0 Å². The zero-order chi connectivity index (χ0) is 15.8. The molecule has 6 heteroatoms. The summed E-state index contributed by atoms with van der Waals surface area (Å²) in [6, 6.07) is 11.6. The number of aromatic nitrogens is 3. The molecule has 23 heavy (non-hydrogen) atoms. The average molecular weight is 308 g/mol. The van der Waals surface area contributed by atoms with Crippen LogP contribution in [0, 0.1) is 0 Å². The van der Waals surface area contributed by atoms with Crippen LogP contribution < -0.4 is 10.1 Å². The number of aromatic amines is 1. The van der Waals surface area contributed by atoms with Crippen molar-refractivity contribution in [2.75, 3.05) is 0 Å². The first-order valence-electron chi connectivity index (χ1n) is 7.42. The predicted molar refractivity (Wildman–Crippen MR) is 84.9 cm³/mol. The zero-order valence-corrected chi connectivity index (χ0v) is 12.7. The van der Waals surface area contributed by atoms with E-state index in [9.17, 15) is 4.79 Å². The van der Waals surface area contributed by atoms with Crippen molar-refractivity contribution < 1.29 is 9.53 Å². The summed E-state index contributed by atoms with van der Waals surface area (Å²) in [6.45, 7) is 0.809. The summed E-state index contributed by atoms with van der Waals surface area (Å²) in [4.78, 5) is 12.4. The fraction of sp³-hybridized carbons (Fsp3) is 0.176. The molecule has 2 aromatic heterocycles. The molecule has 0 fully saturated rings. The van der Waals surface area contributed by atoms with Gasteiger partial charge in [-0.1, -0.05) is 12.1 Å². The van der Waals surface area contributed by atoms with Gasteiger partial charge in [0.1, 0.15) is 23.7 Å². The van der Waals surface area contributed by atoms with Crippen molar-refractivity contribution in [2.45, 2.75) is 13.2 Å².